The van der Waals surface area contributed by atoms with Gasteiger partial charge in [0.15, 0.2) is 0 Å². The van der Waals surface area contributed by atoms with Crippen LogP contribution in [-0.4, -0.2) is 21.6 Å². The van der Waals surface area contributed by atoms with E-state index in [0.717, 1.165) is 0 Å². The van der Waals surface area contributed by atoms with Crippen LogP contribution >= 0.6 is 11.6 Å². The van der Waals surface area contributed by atoms with E-state index >= 15 is 0 Å². The van der Waals surface area contributed by atoms with Gasteiger partial charge in [0.25, 0.3) is 0 Å². The van der Waals surface area contributed by atoms with Crippen molar-refractivity contribution < 1.29 is 0 Å². The van der Waals surface area contributed by atoms with Crippen molar-refractivity contribution in [1.82, 2.24) is 14.5 Å². The molecule has 0 saturated carbocycles. The summed E-state index contributed by atoms with van der Waals surface area (Å²) in [6.45, 7) is 0. The Bertz CT molecular complexity index is 946. The number of nitrogens with one attached hydrogen (secondary N) is 2. The van der Waals surface area contributed by atoms with Crippen molar-refractivity contribution in [3.63, 3.8) is 0 Å². The molecule has 3 aromatic rings. The Balaban J connectivity index is 2.51. The van der Waals surface area contributed by atoms with Gasteiger partial charge in [-0.05, 0) is 18.2 Å². The van der Waals surface area contributed by atoms with Crippen LogP contribution in [0.2, 0.25) is 5.02 Å². The average molecular weight is 303 g/mol. The molecule has 0 saturated heterocycles. The first-order chi connectivity index (χ1) is 10.1. The van der Waals surface area contributed by atoms with Gasteiger partial charge in [0.1, 0.15) is 11.5 Å². The number of hydrogen-bond donors (Lipinski definition) is 2. The van der Waals surface area contributed by atoms with Gasteiger partial charge in [-0.3, -0.25) is 9.36 Å². The number of anilines is 1. The SMILES string of the molecule is CNc1nc(=O)n(-c2c[nH]ccc2=O)c2cc(Cl)ccc12. The summed E-state index contributed by atoms with van der Waals surface area (Å²) in [4.78, 5) is 31.1. The number of aromatic amines is 1. The summed E-state index contributed by atoms with van der Waals surface area (Å²) in [6.07, 6.45) is 2.96. The summed E-state index contributed by atoms with van der Waals surface area (Å²) in [5.74, 6) is 0.440. The van der Waals surface area contributed by atoms with Crippen molar-refractivity contribution in [2.24, 2.45) is 0 Å². The van der Waals surface area contributed by atoms with Gasteiger partial charge in [-0.2, -0.15) is 4.98 Å². The van der Waals surface area contributed by atoms with Crippen LogP contribution in [0, 0.1) is 0 Å². The molecule has 106 valence electrons. The lowest BCUT2D eigenvalue weighted by molar-refractivity contribution is 0.944. The van der Waals surface area contributed by atoms with Crippen LogP contribution in [0.5, 0.6) is 0 Å². The van der Waals surface area contributed by atoms with Crippen molar-refractivity contribution in [2.75, 3.05) is 12.4 Å². The Morgan fingerprint density at radius 3 is 2.81 bits per heavy atom. The van der Waals surface area contributed by atoms with E-state index in [9.17, 15) is 9.59 Å². The maximum Gasteiger partial charge on any atom is 0.354 e. The van der Waals surface area contributed by atoms with E-state index in [2.05, 4.69) is 15.3 Å². The lowest BCUT2D eigenvalue weighted by Crippen LogP contribution is -2.27. The van der Waals surface area contributed by atoms with Gasteiger partial charge in [0.05, 0.1) is 5.52 Å². The molecule has 0 radical (unpaired) electrons. The quantitative estimate of drug-likeness (QED) is 0.756. The molecule has 0 bridgehead atoms. The van der Waals surface area contributed by atoms with Crippen molar-refractivity contribution in [2.45, 2.75) is 0 Å². The highest BCUT2D eigenvalue weighted by Crippen LogP contribution is 2.24. The number of fused-ring (bicyclic) bond motifs is 1. The molecule has 0 amide bonds. The van der Waals surface area contributed by atoms with Crippen LogP contribution in [-0.2, 0) is 0 Å². The summed E-state index contributed by atoms with van der Waals surface area (Å²) < 4.78 is 1.25. The number of pyridine rings is 1. The van der Waals surface area contributed by atoms with E-state index in [1.807, 2.05) is 0 Å². The maximum absolute atomic E-state index is 12.3. The van der Waals surface area contributed by atoms with E-state index < -0.39 is 5.69 Å². The van der Waals surface area contributed by atoms with Crippen LogP contribution in [0.1, 0.15) is 0 Å². The van der Waals surface area contributed by atoms with E-state index in [4.69, 9.17) is 11.6 Å². The van der Waals surface area contributed by atoms with Gasteiger partial charge >= 0.3 is 5.69 Å². The van der Waals surface area contributed by atoms with Crippen LogP contribution in [0.3, 0.4) is 0 Å². The lowest BCUT2D eigenvalue weighted by Gasteiger charge is -2.12. The summed E-state index contributed by atoms with van der Waals surface area (Å²) in [6, 6.07) is 6.44. The predicted molar refractivity (Wildman–Crippen MR) is 82.5 cm³/mol. The average Bonchev–Trinajstić information content (AvgIpc) is 2.47. The molecule has 0 spiro atoms. The molecule has 1 aromatic carbocycles. The Kier molecular flexibility index (Phi) is 3.23. The molecule has 0 aliphatic carbocycles. The molecule has 0 aliphatic heterocycles. The number of rotatable bonds is 2. The van der Waals surface area contributed by atoms with Gasteiger partial charge in [-0.1, -0.05) is 11.6 Å². The molecule has 21 heavy (non-hydrogen) atoms. The molecule has 3 rings (SSSR count). The standard InChI is InChI=1S/C14H11ClN4O2/c1-16-13-9-3-2-8(15)6-10(9)19(14(21)18-13)11-7-17-5-4-12(11)20/h2-7H,1H3,(H,17,20)(H,16,18,21). The van der Waals surface area contributed by atoms with E-state index in [0.29, 0.717) is 21.7 Å². The topological polar surface area (TPSA) is 79.8 Å². The second-order valence-corrected chi connectivity index (χ2v) is 4.82. The minimum Gasteiger partial charge on any atom is -0.372 e. The zero-order valence-electron chi connectivity index (χ0n) is 11.1. The Morgan fingerprint density at radius 1 is 1.29 bits per heavy atom. The Morgan fingerprint density at radius 2 is 2.10 bits per heavy atom. The van der Waals surface area contributed by atoms with Gasteiger partial charge < -0.3 is 10.3 Å². The number of hydrogen-bond acceptors (Lipinski definition) is 4. The molecule has 0 fully saturated rings. The molecular weight excluding hydrogens is 292 g/mol. The first-order valence-corrected chi connectivity index (χ1v) is 6.57. The second-order valence-electron chi connectivity index (χ2n) is 4.38. The fourth-order valence-corrected chi connectivity index (χ4v) is 2.37. The smallest absolute Gasteiger partial charge is 0.354 e. The molecule has 2 N–H and O–H groups in total. The number of H-pyrrole nitrogens is 1. The third-order valence-corrected chi connectivity index (χ3v) is 3.37. The predicted octanol–water partition coefficient (Wildman–Crippen LogP) is 1.77. The highest BCUT2D eigenvalue weighted by Gasteiger charge is 2.13. The molecule has 0 atom stereocenters. The van der Waals surface area contributed by atoms with Crippen LogP contribution in [0.15, 0.2) is 46.2 Å². The number of nitrogens with zero attached hydrogens (tertiary/aromatic N) is 2. The van der Waals surface area contributed by atoms with E-state index in [-0.39, 0.29) is 11.1 Å². The molecule has 2 heterocycles. The monoisotopic (exact) mass is 302 g/mol. The van der Waals surface area contributed by atoms with Crippen molar-refractivity contribution in [3.05, 3.63) is 62.4 Å². The molecule has 7 heteroatoms. The molecule has 6 nitrogen and oxygen atoms in total. The van der Waals surface area contributed by atoms with E-state index in [1.165, 1.54) is 23.0 Å². The minimum atomic E-state index is -0.550. The second kappa shape index (κ2) is 5.06. The van der Waals surface area contributed by atoms with Crippen molar-refractivity contribution in [1.29, 1.82) is 0 Å². The highest BCUT2D eigenvalue weighted by molar-refractivity contribution is 6.31. The molecule has 0 aliphatic rings. The lowest BCUT2D eigenvalue weighted by atomic mass is 10.2. The first-order valence-electron chi connectivity index (χ1n) is 6.19. The van der Waals surface area contributed by atoms with Gasteiger partial charge in [-0.15, -0.1) is 0 Å². The highest BCUT2D eigenvalue weighted by atomic mass is 35.5. The molecule has 2 aromatic heterocycles. The van der Waals surface area contributed by atoms with Gasteiger partial charge in [-0.25, -0.2) is 4.79 Å². The van der Waals surface area contributed by atoms with Crippen LogP contribution in [0.25, 0.3) is 16.6 Å². The number of aromatic nitrogens is 3. The normalized spacial score (nSPS) is 10.8. The fraction of sp³-hybridized carbons (Fsp3) is 0.0714. The largest absolute Gasteiger partial charge is 0.372 e. The molecule has 0 unspecified atom stereocenters. The van der Waals surface area contributed by atoms with E-state index in [1.54, 1.807) is 25.2 Å². The van der Waals surface area contributed by atoms with Gasteiger partial charge in [0.2, 0.25) is 5.43 Å². The van der Waals surface area contributed by atoms with Crippen molar-refractivity contribution in [3.8, 4) is 5.69 Å². The van der Waals surface area contributed by atoms with Crippen LogP contribution < -0.4 is 16.4 Å². The summed E-state index contributed by atoms with van der Waals surface area (Å²) in [5, 5.41) is 4.04. The minimum absolute atomic E-state index is 0.199. The number of halogens is 1. The third-order valence-electron chi connectivity index (χ3n) is 3.14. The Hall–Kier alpha value is -2.60. The first kappa shape index (κ1) is 13.4. The summed E-state index contributed by atoms with van der Waals surface area (Å²) >= 11 is 6.02. The summed E-state index contributed by atoms with van der Waals surface area (Å²) in [5.41, 5.74) is -0.115. The fourth-order valence-electron chi connectivity index (χ4n) is 2.20. The Labute approximate surface area is 124 Å². The third kappa shape index (κ3) is 2.19. The van der Waals surface area contributed by atoms with Crippen LogP contribution in [0.4, 0.5) is 5.82 Å². The maximum atomic E-state index is 12.3. The zero-order valence-corrected chi connectivity index (χ0v) is 11.8. The zero-order chi connectivity index (χ0) is 15.0. The molecular formula is C14H11ClN4O2. The summed E-state index contributed by atoms with van der Waals surface area (Å²) in [7, 11) is 1.68. The van der Waals surface area contributed by atoms with Crippen molar-refractivity contribution >= 4 is 28.3 Å². The number of benzene rings is 1. The van der Waals surface area contributed by atoms with Gasteiger partial charge in [0, 0.05) is 35.9 Å².